The zero-order chi connectivity index (χ0) is 15.1. The number of benzene rings is 1. The Hall–Kier alpha value is -1.72. The monoisotopic (exact) mass is 293 g/mol. The van der Waals surface area contributed by atoms with Gasteiger partial charge in [-0.3, -0.25) is 0 Å². The Morgan fingerprint density at radius 3 is 2.90 bits per heavy atom. The van der Waals surface area contributed by atoms with Crippen LogP contribution in [0.4, 0.5) is 0 Å². The zero-order valence-corrected chi connectivity index (χ0v) is 12.7. The summed E-state index contributed by atoms with van der Waals surface area (Å²) in [6.45, 7) is 9.66. The van der Waals surface area contributed by atoms with Crippen molar-refractivity contribution >= 4 is 0 Å². The fraction of sp³-hybridized carbons (Fsp3) is 0.500. The highest BCUT2D eigenvalue weighted by Gasteiger charge is 2.18. The second-order valence-corrected chi connectivity index (χ2v) is 5.01. The Kier molecular flexibility index (Phi) is 5.90. The van der Waals surface area contributed by atoms with E-state index in [4.69, 9.17) is 18.9 Å². The maximum Gasteiger partial charge on any atom is 0.203 e. The maximum atomic E-state index is 5.61. The SMILES string of the molecule is C=C(C)COCCNCc1cc(OC)c2c(c1)OCCO2. The van der Waals surface area contributed by atoms with Gasteiger partial charge in [0.1, 0.15) is 13.2 Å². The molecule has 2 rings (SSSR count). The topological polar surface area (TPSA) is 49.0 Å². The van der Waals surface area contributed by atoms with Crippen molar-refractivity contribution in [3.8, 4) is 17.2 Å². The first-order valence-corrected chi connectivity index (χ1v) is 7.10. The number of rotatable bonds is 8. The lowest BCUT2D eigenvalue weighted by molar-refractivity contribution is 0.157. The first-order valence-electron chi connectivity index (χ1n) is 7.10. The molecule has 0 atom stereocenters. The van der Waals surface area contributed by atoms with Gasteiger partial charge in [-0.1, -0.05) is 12.2 Å². The van der Waals surface area contributed by atoms with Crippen molar-refractivity contribution in [2.45, 2.75) is 13.5 Å². The van der Waals surface area contributed by atoms with Crippen LogP contribution in [0, 0.1) is 0 Å². The maximum absolute atomic E-state index is 5.61. The van der Waals surface area contributed by atoms with Gasteiger partial charge >= 0.3 is 0 Å². The molecule has 0 amide bonds. The summed E-state index contributed by atoms with van der Waals surface area (Å²) in [5.41, 5.74) is 2.13. The molecule has 0 saturated heterocycles. The molecule has 0 bridgehead atoms. The molecular weight excluding hydrogens is 270 g/mol. The van der Waals surface area contributed by atoms with Crippen molar-refractivity contribution in [3.05, 3.63) is 29.8 Å². The molecule has 0 aliphatic carbocycles. The van der Waals surface area contributed by atoms with Gasteiger partial charge in [-0.2, -0.15) is 0 Å². The van der Waals surface area contributed by atoms with Crippen molar-refractivity contribution in [1.82, 2.24) is 5.32 Å². The van der Waals surface area contributed by atoms with Crippen molar-refractivity contribution in [1.29, 1.82) is 0 Å². The van der Waals surface area contributed by atoms with Crippen LogP contribution in [0.5, 0.6) is 17.2 Å². The van der Waals surface area contributed by atoms with E-state index in [0.717, 1.165) is 30.0 Å². The molecule has 0 spiro atoms. The molecule has 5 nitrogen and oxygen atoms in total. The molecule has 0 fully saturated rings. The van der Waals surface area contributed by atoms with Gasteiger partial charge in [-0.15, -0.1) is 0 Å². The molecular formula is C16H23NO4. The largest absolute Gasteiger partial charge is 0.493 e. The van der Waals surface area contributed by atoms with Crippen LogP contribution in [0.1, 0.15) is 12.5 Å². The number of hydrogen-bond acceptors (Lipinski definition) is 5. The lowest BCUT2D eigenvalue weighted by atomic mass is 10.1. The summed E-state index contributed by atoms with van der Waals surface area (Å²) in [5, 5.41) is 3.33. The number of fused-ring (bicyclic) bond motifs is 1. The van der Waals surface area contributed by atoms with Crippen LogP contribution >= 0.6 is 0 Å². The van der Waals surface area contributed by atoms with Gasteiger partial charge < -0.3 is 24.3 Å². The van der Waals surface area contributed by atoms with Gasteiger partial charge in [-0.25, -0.2) is 0 Å². The summed E-state index contributed by atoms with van der Waals surface area (Å²) in [7, 11) is 1.64. The Morgan fingerprint density at radius 2 is 2.14 bits per heavy atom. The highest BCUT2D eigenvalue weighted by atomic mass is 16.6. The van der Waals surface area contributed by atoms with Crippen LogP contribution in [-0.4, -0.2) is 40.1 Å². The molecule has 5 heteroatoms. The normalized spacial score (nSPS) is 13.0. The van der Waals surface area contributed by atoms with E-state index in [1.54, 1.807) is 7.11 Å². The molecule has 116 valence electrons. The molecule has 1 aromatic rings. The van der Waals surface area contributed by atoms with E-state index in [1.807, 2.05) is 19.1 Å². The molecule has 1 heterocycles. The summed E-state index contributed by atoms with van der Waals surface area (Å²) < 4.78 is 22.0. The minimum absolute atomic E-state index is 0.557. The Morgan fingerprint density at radius 1 is 1.33 bits per heavy atom. The number of methoxy groups -OCH3 is 1. The van der Waals surface area contributed by atoms with Gasteiger partial charge in [0.2, 0.25) is 5.75 Å². The summed E-state index contributed by atoms with van der Waals surface area (Å²) in [5.74, 6) is 2.15. The average Bonchev–Trinajstić information content (AvgIpc) is 2.49. The number of ether oxygens (including phenoxy) is 4. The molecule has 0 saturated carbocycles. The van der Waals surface area contributed by atoms with Crippen LogP contribution in [0.3, 0.4) is 0 Å². The van der Waals surface area contributed by atoms with E-state index in [-0.39, 0.29) is 0 Å². The third kappa shape index (κ3) is 4.65. The quantitative estimate of drug-likeness (QED) is 0.588. The van der Waals surface area contributed by atoms with Gasteiger partial charge in [-0.05, 0) is 24.6 Å². The fourth-order valence-electron chi connectivity index (χ4n) is 2.05. The van der Waals surface area contributed by atoms with E-state index >= 15 is 0 Å². The van der Waals surface area contributed by atoms with E-state index in [1.165, 1.54) is 0 Å². The number of nitrogens with one attached hydrogen (secondary N) is 1. The van der Waals surface area contributed by atoms with E-state index in [0.29, 0.717) is 37.9 Å². The molecule has 0 unspecified atom stereocenters. The van der Waals surface area contributed by atoms with Crippen molar-refractivity contribution < 1.29 is 18.9 Å². The third-order valence-electron chi connectivity index (χ3n) is 2.99. The van der Waals surface area contributed by atoms with E-state index in [9.17, 15) is 0 Å². The predicted octanol–water partition coefficient (Wildman–Crippen LogP) is 2.15. The second-order valence-electron chi connectivity index (χ2n) is 5.01. The molecule has 1 N–H and O–H groups in total. The van der Waals surface area contributed by atoms with Gasteiger partial charge in [0.05, 0.1) is 20.3 Å². The van der Waals surface area contributed by atoms with E-state index < -0.39 is 0 Å². The third-order valence-corrected chi connectivity index (χ3v) is 2.99. The lowest BCUT2D eigenvalue weighted by Crippen LogP contribution is -2.20. The number of hydrogen-bond donors (Lipinski definition) is 1. The van der Waals surface area contributed by atoms with Crippen LogP contribution in [-0.2, 0) is 11.3 Å². The minimum atomic E-state index is 0.557. The van der Waals surface area contributed by atoms with Crippen LogP contribution in [0.2, 0.25) is 0 Å². The van der Waals surface area contributed by atoms with Crippen LogP contribution in [0.15, 0.2) is 24.3 Å². The molecule has 1 aromatic carbocycles. The molecule has 1 aliphatic heterocycles. The smallest absolute Gasteiger partial charge is 0.203 e. The van der Waals surface area contributed by atoms with Crippen molar-refractivity contribution in [3.63, 3.8) is 0 Å². The standard InChI is InChI=1S/C16H23NO4/c1-12(2)11-19-5-4-17-10-13-8-14(18-3)16-15(9-13)20-6-7-21-16/h8-9,17H,1,4-7,10-11H2,2-3H3. The van der Waals surface area contributed by atoms with Crippen molar-refractivity contribution in [2.24, 2.45) is 0 Å². The Bertz CT molecular complexity index is 470. The first-order chi connectivity index (χ1) is 10.2. The predicted molar refractivity (Wildman–Crippen MR) is 81.3 cm³/mol. The molecule has 0 radical (unpaired) electrons. The molecule has 21 heavy (non-hydrogen) atoms. The highest BCUT2D eigenvalue weighted by Crippen LogP contribution is 2.40. The fourth-order valence-corrected chi connectivity index (χ4v) is 2.05. The summed E-state index contributed by atoms with van der Waals surface area (Å²) in [6, 6.07) is 3.95. The first kappa shape index (κ1) is 15.7. The summed E-state index contributed by atoms with van der Waals surface area (Å²) in [6.07, 6.45) is 0. The van der Waals surface area contributed by atoms with Gasteiger partial charge in [0.15, 0.2) is 11.5 Å². The highest BCUT2D eigenvalue weighted by molar-refractivity contribution is 5.54. The summed E-state index contributed by atoms with van der Waals surface area (Å²) >= 11 is 0. The van der Waals surface area contributed by atoms with Gasteiger partial charge in [0.25, 0.3) is 0 Å². The zero-order valence-electron chi connectivity index (χ0n) is 12.7. The van der Waals surface area contributed by atoms with Crippen LogP contribution < -0.4 is 19.5 Å². The molecule has 1 aliphatic rings. The molecule has 0 aromatic heterocycles. The second kappa shape index (κ2) is 7.90. The Labute approximate surface area is 125 Å². The van der Waals surface area contributed by atoms with E-state index in [2.05, 4.69) is 11.9 Å². The van der Waals surface area contributed by atoms with Crippen molar-refractivity contribution in [2.75, 3.05) is 40.1 Å². The van der Waals surface area contributed by atoms with Crippen LogP contribution in [0.25, 0.3) is 0 Å². The van der Waals surface area contributed by atoms with Gasteiger partial charge in [0, 0.05) is 13.1 Å². The average molecular weight is 293 g/mol. The Balaban J connectivity index is 1.84. The lowest BCUT2D eigenvalue weighted by Gasteiger charge is -2.21. The minimum Gasteiger partial charge on any atom is -0.493 e. The summed E-state index contributed by atoms with van der Waals surface area (Å²) in [4.78, 5) is 0.